The van der Waals surface area contributed by atoms with Crippen LogP contribution in [0.25, 0.3) is 0 Å². The van der Waals surface area contributed by atoms with E-state index >= 15 is 0 Å². The molecule has 3 atom stereocenters. The topological polar surface area (TPSA) is 29.3 Å². The second kappa shape index (κ2) is 5.13. The van der Waals surface area contributed by atoms with E-state index in [1.54, 1.807) is 0 Å². The van der Waals surface area contributed by atoms with Crippen molar-refractivity contribution >= 4 is 0 Å². The summed E-state index contributed by atoms with van der Waals surface area (Å²) in [6.07, 6.45) is 3.98. The number of hydrogen-bond donors (Lipinski definition) is 1. The molecule has 1 fully saturated rings. The van der Waals surface area contributed by atoms with E-state index in [4.69, 9.17) is 5.73 Å². The Balaban J connectivity index is 2.68. The average molecular weight is 198 g/mol. The van der Waals surface area contributed by atoms with Crippen LogP contribution in [0.15, 0.2) is 0 Å². The highest BCUT2D eigenvalue weighted by molar-refractivity contribution is 4.87. The van der Waals surface area contributed by atoms with Gasteiger partial charge in [-0.3, -0.25) is 4.90 Å². The van der Waals surface area contributed by atoms with Gasteiger partial charge in [0.1, 0.15) is 0 Å². The molecule has 0 bridgehead atoms. The zero-order valence-corrected chi connectivity index (χ0v) is 10.2. The summed E-state index contributed by atoms with van der Waals surface area (Å²) in [7, 11) is 0. The molecule has 1 saturated heterocycles. The molecule has 0 aromatic rings. The fourth-order valence-electron chi connectivity index (χ4n) is 2.62. The Morgan fingerprint density at radius 2 is 1.93 bits per heavy atom. The summed E-state index contributed by atoms with van der Waals surface area (Å²) in [4.78, 5) is 2.65. The molecule has 0 radical (unpaired) electrons. The van der Waals surface area contributed by atoms with Gasteiger partial charge in [0, 0.05) is 24.7 Å². The van der Waals surface area contributed by atoms with E-state index in [2.05, 4.69) is 32.6 Å². The Hall–Kier alpha value is -0.0800. The van der Waals surface area contributed by atoms with Gasteiger partial charge in [-0.2, -0.15) is 0 Å². The lowest BCUT2D eigenvalue weighted by atomic mass is 9.91. The summed E-state index contributed by atoms with van der Waals surface area (Å²) in [5.41, 5.74) is 5.85. The van der Waals surface area contributed by atoms with E-state index in [-0.39, 0.29) is 0 Å². The van der Waals surface area contributed by atoms with Gasteiger partial charge in [-0.25, -0.2) is 0 Å². The maximum atomic E-state index is 5.85. The van der Waals surface area contributed by atoms with Crippen molar-refractivity contribution in [3.63, 3.8) is 0 Å². The molecule has 2 nitrogen and oxygen atoms in total. The lowest BCUT2D eigenvalue weighted by Crippen LogP contribution is -2.54. The Morgan fingerprint density at radius 3 is 2.43 bits per heavy atom. The molecule has 3 unspecified atom stereocenters. The van der Waals surface area contributed by atoms with Crippen molar-refractivity contribution in [2.75, 3.05) is 6.54 Å². The zero-order chi connectivity index (χ0) is 10.7. The molecular formula is C12H26N2. The van der Waals surface area contributed by atoms with Crippen molar-refractivity contribution in [3.8, 4) is 0 Å². The highest BCUT2D eigenvalue weighted by atomic mass is 15.2. The fraction of sp³-hybridized carbons (Fsp3) is 1.00. The molecule has 0 saturated carbocycles. The van der Waals surface area contributed by atoms with Crippen molar-refractivity contribution in [1.82, 2.24) is 4.90 Å². The van der Waals surface area contributed by atoms with E-state index in [1.165, 1.54) is 19.3 Å². The third kappa shape index (κ3) is 2.48. The lowest BCUT2D eigenvalue weighted by Gasteiger charge is -2.45. The molecule has 0 aromatic carbocycles. The first-order chi connectivity index (χ1) is 6.57. The number of hydrogen-bond acceptors (Lipinski definition) is 2. The summed E-state index contributed by atoms with van der Waals surface area (Å²) in [5, 5.41) is 0. The third-order valence-corrected chi connectivity index (χ3v) is 3.80. The average Bonchev–Trinajstić information content (AvgIpc) is 2.16. The van der Waals surface area contributed by atoms with Crippen molar-refractivity contribution in [2.45, 2.75) is 65.1 Å². The van der Waals surface area contributed by atoms with E-state index in [0.717, 1.165) is 18.5 Å². The van der Waals surface area contributed by atoms with Crippen LogP contribution in [0.2, 0.25) is 0 Å². The first kappa shape index (κ1) is 12.0. The second-order valence-electron chi connectivity index (χ2n) is 5.10. The van der Waals surface area contributed by atoms with Gasteiger partial charge in [0.2, 0.25) is 0 Å². The molecule has 1 aliphatic heterocycles. The monoisotopic (exact) mass is 198 g/mol. The number of piperidine rings is 1. The fourth-order valence-corrected chi connectivity index (χ4v) is 2.62. The summed E-state index contributed by atoms with van der Waals surface area (Å²) < 4.78 is 0. The van der Waals surface area contributed by atoms with Crippen LogP contribution in [0.3, 0.4) is 0 Å². The molecule has 2 heteroatoms. The molecule has 0 aromatic heterocycles. The molecule has 14 heavy (non-hydrogen) atoms. The third-order valence-electron chi connectivity index (χ3n) is 3.80. The van der Waals surface area contributed by atoms with Gasteiger partial charge < -0.3 is 5.73 Å². The van der Waals surface area contributed by atoms with Gasteiger partial charge in [0.25, 0.3) is 0 Å². The van der Waals surface area contributed by atoms with Crippen LogP contribution >= 0.6 is 0 Å². The molecule has 2 N–H and O–H groups in total. The predicted molar refractivity (Wildman–Crippen MR) is 62.3 cm³/mol. The molecule has 1 rings (SSSR count). The number of rotatable bonds is 3. The quantitative estimate of drug-likeness (QED) is 0.753. The standard InChI is InChI=1S/C12H26N2/c1-9(2)11(4)14-10(3)6-5-7-12(14)8-13/h9-12H,5-8,13H2,1-4H3. The van der Waals surface area contributed by atoms with Gasteiger partial charge in [-0.15, -0.1) is 0 Å². The summed E-state index contributed by atoms with van der Waals surface area (Å²) in [6.45, 7) is 10.1. The minimum absolute atomic E-state index is 0.621. The highest BCUT2D eigenvalue weighted by Crippen LogP contribution is 2.27. The Bertz CT molecular complexity index is 166. The number of nitrogens with zero attached hydrogens (tertiary/aromatic N) is 1. The van der Waals surface area contributed by atoms with Crippen LogP contribution in [0.4, 0.5) is 0 Å². The summed E-state index contributed by atoms with van der Waals surface area (Å²) in [6, 6.07) is 2.00. The van der Waals surface area contributed by atoms with E-state index in [9.17, 15) is 0 Å². The Morgan fingerprint density at radius 1 is 1.29 bits per heavy atom. The molecule has 1 aliphatic rings. The van der Waals surface area contributed by atoms with Gasteiger partial charge >= 0.3 is 0 Å². The minimum atomic E-state index is 0.621. The molecule has 0 amide bonds. The number of likely N-dealkylation sites (tertiary alicyclic amines) is 1. The first-order valence-corrected chi connectivity index (χ1v) is 6.05. The maximum Gasteiger partial charge on any atom is 0.0224 e. The SMILES string of the molecule is CC(C)C(C)N1C(C)CCCC1CN. The van der Waals surface area contributed by atoms with Crippen molar-refractivity contribution in [1.29, 1.82) is 0 Å². The van der Waals surface area contributed by atoms with Crippen LogP contribution in [0, 0.1) is 5.92 Å². The van der Waals surface area contributed by atoms with Crippen LogP contribution in [0.5, 0.6) is 0 Å². The lowest BCUT2D eigenvalue weighted by molar-refractivity contribution is 0.0378. The Labute approximate surface area is 88.8 Å². The summed E-state index contributed by atoms with van der Waals surface area (Å²) in [5.74, 6) is 0.726. The number of nitrogens with two attached hydrogens (primary N) is 1. The van der Waals surface area contributed by atoms with Gasteiger partial charge in [0.15, 0.2) is 0 Å². The van der Waals surface area contributed by atoms with Crippen molar-refractivity contribution < 1.29 is 0 Å². The second-order valence-corrected chi connectivity index (χ2v) is 5.10. The predicted octanol–water partition coefficient (Wildman–Crippen LogP) is 2.23. The van der Waals surface area contributed by atoms with E-state index in [0.29, 0.717) is 12.1 Å². The smallest absolute Gasteiger partial charge is 0.0224 e. The molecule has 84 valence electrons. The molecular weight excluding hydrogens is 172 g/mol. The minimum Gasteiger partial charge on any atom is -0.329 e. The van der Waals surface area contributed by atoms with Crippen LogP contribution < -0.4 is 5.73 Å². The van der Waals surface area contributed by atoms with Crippen LogP contribution in [-0.4, -0.2) is 29.6 Å². The highest BCUT2D eigenvalue weighted by Gasteiger charge is 2.31. The first-order valence-electron chi connectivity index (χ1n) is 6.05. The van der Waals surface area contributed by atoms with Crippen LogP contribution in [0.1, 0.15) is 47.0 Å². The van der Waals surface area contributed by atoms with Crippen molar-refractivity contribution in [3.05, 3.63) is 0 Å². The van der Waals surface area contributed by atoms with Gasteiger partial charge in [-0.1, -0.05) is 20.3 Å². The normalized spacial score (nSPS) is 32.1. The van der Waals surface area contributed by atoms with Crippen molar-refractivity contribution in [2.24, 2.45) is 11.7 Å². The molecule has 0 aliphatic carbocycles. The largest absolute Gasteiger partial charge is 0.329 e. The van der Waals surface area contributed by atoms with E-state index < -0.39 is 0 Å². The maximum absolute atomic E-state index is 5.85. The molecule has 0 spiro atoms. The Kier molecular flexibility index (Phi) is 4.39. The van der Waals surface area contributed by atoms with Gasteiger partial charge in [0.05, 0.1) is 0 Å². The van der Waals surface area contributed by atoms with E-state index in [1.807, 2.05) is 0 Å². The summed E-state index contributed by atoms with van der Waals surface area (Å²) >= 11 is 0. The van der Waals surface area contributed by atoms with Crippen LogP contribution in [-0.2, 0) is 0 Å². The molecule has 1 heterocycles. The zero-order valence-electron chi connectivity index (χ0n) is 10.2. The van der Waals surface area contributed by atoms with Gasteiger partial charge in [-0.05, 0) is 32.6 Å².